The summed E-state index contributed by atoms with van der Waals surface area (Å²) in [5, 5.41) is 13.8. The molecule has 0 radical (unpaired) electrons. The Balaban J connectivity index is 2.41. The van der Waals surface area contributed by atoms with Gasteiger partial charge in [-0.25, -0.2) is 4.98 Å². The second kappa shape index (κ2) is 7.27. The summed E-state index contributed by atoms with van der Waals surface area (Å²) in [5.41, 5.74) is -0.0595. The van der Waals surface area contributed by atoms with Crippen LogP contribution in [0.3, 0.4) is 0 Å². The molecule has 1 rings (SSSR count). The van der Waals surface area contributed by atoms with Crippen molar-refractivity contribution in [2.45, 2.75) is 26.3 Å². The van der Waals surface area contributed by atoms with Crippen molar-refractivity contribution in [3.63, 3.8) is 0 Å². The summed E-state index contributed by atoms with van der Waals surface area (Å²) in [4.78, 5) is 13.9. The van der Waals surface area contributed by atoms with E-state index in [0.717, 1.165) is 13.0 Å². The Labute approximate surface area is 114 Å². The number of hydrogen-bond donors (Lipinski definition) is 1. The van der Waals surface area contributed by atoms with Gasteiger partial charge >= 0.3 is 0 Å². The fourth-order valence-electron chi connectivity index (χ4n) is 1.25. The average molecular weight is 318 g/mol. The molecule has 0 aromatic carbocycles. The van der Waals surface area contributed by atoms with E-state index < -0.39 is 4.92 Å². The topological polar surface area (TPSA) is 77.3 Å². The van der Waals surface area contributed by atoms with Crippen LogP contribution in [0.15, 0.2) is 16.7 Å². The monoisotopic (exact) mass is 317 g/mol. The summed E-state index contributed by atoms with van der Waals surface area (Å²) in [6.07, 6.45) is 2.04. The molecule has 1 N–H and O–H groups in total. The minimum Gasteiger partial charge on any atom is -0.477 e. The van der Waals surface area contributed by atoms with Crippen molar-refractivity contribution in [2.24, 2.45) is 0 Å². The van der Waals surface area contributed by atoms with Gasteiger partial charge in [-0.15, -0.1) is 0 Å². The molecular formula is C11H16BrN3O3. The lowest BCUT2D eigenvalue weighted by Crippen LogP contribution is -2.24. The zero-order valence-electron chi connectivity index (χ0n) is 10.4. The number of nitro groups is 1. The van der Waals surface area contributed by atoms with Crippen LogP contribution >= 0.6 is 15.9 Å². The van der Waals surface area contributed by atoms with E-state index in [1.165, 1.54) is 12.3 Å². The maximum absolute atomic E-state index is 10.5. The van der Waals surface area contributed by atoms with Gasteiger partial charge in [-0.2, -0.15) is 0 Å². The summed E-state index contributed by atoms with van der Waals surface area (Å²) in [5.74, 6) is 0.380. The molecular weight excluding hydrogens is 302 g/mol. The lowest BCUT2D eigenvalue weighted by molar-refractivity contribution is -0.385. The fraction of sp³-hybridized carbons (Fsp3) is 0.545. The van der Waals surface area contributed by atoms with Crippen molar-refractivity contribution in [3.8, 4) is 5.88 Å². The number of nitrogens with one attached hydrogen (secondary N) is 1. The lowest BCUT2D eigenvalue weighted by atomic mass is 10.3. The molecule has 100 valence electrons. The molecule has 1 heterocycles. The number of aromatic nitrogens is 1. The van der Waals surface area contributed by atoms with E-state index in [9.17, 15) is 10.1 Å². The van der Waals surface area contributed by atoms with Crippen LogP contribution in [-0.4, -0.2) is 29.1 Å². The molecule has 0 bridgehead atoms. The van der Waals surface area contributed by atoms with Crippen LogP contribution in [0.2, 0.25) is 0 Å². The smallest absolute Gasteiger partial charge is 0.288 e. The van der Waals surface area contributed by atoms with Crippen LogP contribution in [-0.2, 0) is 0 Å². The van der Waals surface area contributed by atoms with Gasteiger partial charge in [-0.3, -0.25) is 10.1 Å². The molecule has 0 saturated carbocycles. The Hall–Kier alpha value is -1.21. The Morgan fingerprint density at radius 3 is 2.89 bits per heavy atom. The maximum atomic E-state index is 10.5. The SMILES string of the molecule is CC(C)NCCCOc1ncc([N+](=O)[O-])cc1Br. The van der Waals surface area contributed by atoms with Gasteiger partial charge in [0.15, 0.2) is 0 Å². The zero-order chi connectivity index (χ0) is 13.5. The third-order valence-electron chi connectivity index (χ3n) is 2.12. The van der Waals surface area contributed by atoms with Gasteiger partial charge in [0.1, 0.15) is 6.20 Å². The van der Waals surface area contributed by atoms with Gasteiger partial charge < -0.3 is 10.1 Å². The third kappa shape index (κ3) is 4.97. The predicted octanol–water partition coefficient (Wildman–Crippen LogP) is 2.52. The highest BCUT2D eigenvalue weighted by atomic mass is 79.9. The van der Waals surface area contributed by atoms with E-state index in [0.29, 0.717) is 23.0 Å². The average Bonchev–Trinajstić information content (AvgIpc) is 2.29. The Kier molecular flexibility index (Phi) is 6.00. The molecule has 0 aliphatic rings. The third-order valence-corrected chi connectivity index (χ3v) is 2.68. The largest absolute Gasteiger partial charge is 0.477 e. The van der Waals surface area contributed by atoms with Crippen molar-refractivity contribution in [1.82, 2.24) is 10.3 Å². The first-order chi connectivity index (χ1) is 8.50. The molecule has 1 aromatic rings. The summed E-state index contributed by atoms with van der Waals surface area (Å²) < 4.78 is 5.93. The number of nitrogens with zero attached hydrogens (tertiary/aromatic N) is 2. The van der Waals surface area contributed by atoms with Crippen molar-refractivity contribution in [1.29, 1.82) is 0 Å². The molecule has 0 amide bonds. The van der Waals surface area contributed by atoms with Crippen molar-refractivity contribution in [3.05, 3.63) is 26.9 Å². The molecule has 0 spiro atoms. The standard InChI is InChI=1S/C11H16BrN3O3/c1-8(2)13-4-3-5-18-11-10(12)6-9(7-14-11)15(16)17/h6-8,13H,3-5H2,1-2H3. The van der Waals surface area contributed by atoms with E-state index in [-0.39, 0.29) is 5.69 Å². The number of hydrogen-bond acceptors (Lipinski definition) is 5. The first-order valence-corrected chi connectivity index (χ1v) is 6.46. The quantitative estimate of drug-likeness (QED) is 0.475. The second-order valence-electron chi connectivity index (χ2n) is 4.05. The van der Waals surface area contributed by atoms with E-state index in [4.69, 9.17) is 4.74 Å². The highest BCUT2D eigenvalue weighted by Crippen LogP contribution is 2.26. The summed E-state index contributed by atoms with van der Waals surface area (Å²) in [6, 6.07) is 1.84. The molecule has 1 aromatic heterocycles. The van der Waals surface area contributed by atoms with Crippen LogP contribution in [0, 0.1) is 10.1 Å². The summed E-state index contributed by atoms with van der Waals surface area (Å²) in [7, 11) is 0. The minimum atomic E-state index is -0.492. The fourth-order valence-corrected chi connectivity index (χ4v) is 1.70. The minimum absolute atomic E-state index is 0.0595. The molecule has 0 atom stereocenters. The van der Waals surface area contributed by atoms with E-state index in [1.54, 1.807) is 0 Å². The Morgan fingerprint density at radius 2 is 2.33 bits per heavy atom. The number of pyridine rings is 1. The predicted molar refractivity (Wildman–Crippen MR) is 71.8 cm³/mol. The number of rotatable bonds is 7. The van der Waals surface area contributed by atoms with Crippen LogP contribution in [0.1, 0.15) is 20.3 Å². The molecule has 0 aliphatic heterocycles. The van der Waals surface area contributed by atoms with Gasteiger partial charge in [0.05, 0.1) is 16.0 Å². The number of ether oxygens (including phenoxy) is 1. The van der Waals surface area contributed by atoms with Crippen molar-refractivity contribution >= 4 is 21.6 Å². The Morgan fingerprint density at radius 1 is 1.61 bits per heavy atom. The van der Waals surface area contributed by atoms with Gasteiger partial charge in [0.25, 0.3) is 5.69 Å². The lowest BCUT2D eigenvalue weighted by Gasteiger charge is -2.09. The van der Waals surface area contributed by atoms with Crippen LogP contribution in [0.4, 0.5) is 5.69 Å². The Bertz CT molecular complexity index is 413. The maximum Gasteiger partial charge on any atom is 0.288 e. The van der Waals surface area contributed by atoms with Crippen LogP contribution < -0.4 is 10.1 Å². The molecule has 0 saturated heterocycles. The molecule has 0 fully saturated rings. The van der Waals surface area contributed by atoms with Crippen molar-refractivity contribution < 1.29 is 9.66 Å². The van der Waals surface area contributed by atoms with Crippen LogP contribution in [0.5, 0.6) is 5.88 Å². The molecule has 6 nitrogen and oxygen atoms in total. The summed E-state index contributed by atoms with van der Waals surface area (Å²) in [6.45, 7) is 5.54. The molecule has 7 heteroatoms. The zero-order valence-corrected chi connectivity index (χ0v) is 11.9. The molecule has 18 heavy (non-hydrogen) atoms. The van der Waals surface area contributed by atoms with Gasteiger partial charge in [0, 0.05) is 12.1 Å². The van der Waals surface area contributed by atoms with E-state index in [2.05, 4.69) is 40.1 Å². The normalized spacial score (nSPS) is 10.7. The second-order valence-corrected chi connectivity index (χ2v) is 4.90. The number of halogens is 1. The first kappa shape index (κ1) is 14.8. The summed E-state index contributed by atoms with van der Waals surface area (Å²) >= 11 is 3.20. The van der Waals surface area contributed by atoms with Gasteiger partial charge in [-0.1, -0.05) is 13.8 Å². The molecule has 0 aliphatic carbocycles. The van der Waals surface area contributed by atoms with Crippen molar-refractivity contribution in [2.75, 3.05) is 13.2 Å². The van der Waals surface area contributed by atoms with Crippen LogP contribution in [0.25, 0.3) is 0 Å². The van der Waals surface area contributed by atoms with Gasteiger partial charge in [-0.05, 0) is 28.9 Å². The van der Waals surface area contributed by atoms with E-state index >= 15 is 0 Å². The highest BCUT2D eigenvalue weighted by Gasteiger charge is 2.11. The highest BCUT2D eigenvalue weighted by molar-refractivity contribution is 9.10. The first-order valence-electron chi connectivity index (χ1n) is 5.67. The molecule has 0 unspecified atom stereocenters. The van der Waals surface area contributed by atoms with Gasteiger partial charge in [0.2, 0.25) is 5.88 Å². The van der Waals surface area contributed by atoms with E-state index in [1.807, 2.05) is 0 Å².